The molecule has 3 nitrogen and oxygen atoms in total. The van der Waals surface area contributed by atoms with Crippen molar-refractivity contribution in [2.75, 3.05) is 6.61 Å². The molecule has 18 heavy (non-hydrogen) atoms. The van der Waals surface area contributed by atoms with Crippen LogP contribution in [0.2, 0.25) is 0 Å². The molecule has 0 aliphatic rings. The van der Waals surface area contributed by atoms with Crippen LogP contribution in [0.15, 0.2) is 24.3 Å². The lowest BCUT2D eigenvalue weighted by Gasteiger charge is -2.02. The van der Waals surface area contributed by atoms with Crippen LogP contribution in [0.4, 0.5) is 0 Å². The van der Waals surface area contributed by atoms with Crippen molar-refractivity contribution in [1.82, 2.24) is 0 Å². The first kappa shape index (κ1) is 14.4. The van der Waals surface area contributed by atoms with E-state index in [1.54, 1.807) is 6.92 Å². The quantitative estimate of drug-likeness (QED) is 0.422. The highest BCUT2D eigenvalue weighted by Crippen LogP contribution is 2.10. The van der Waals surface area contributed by atoms with Gasteiger partial charge >= 0.3 is 5.97 Å². The van der Waals surface area contributed by atoms with E-state index in [2.05, 4.69) is 0 Å². The van der Waals surface area contributed by atoms with Crippen molar-refractivity contribution in [3.63, 3.8) is 0 Å². The van der Waals surface area contributed by atoms with E-state index in [1.807, 2.05) is 31.2 Å². The lowest BCUT2D eigenvalue weighted by Crippen LogP contribution is -2.04. The van der Waals surface area contributed by atoms with Gasteiger partial charge in [0.2, 0.25) is 0 Å². The number of ether oxygens (including phenoxy) is 1. The summed E-state index contributed by atoms with van der Waals surface area (Å²) in [6.07, 6.45) is 2.32. The predicted octanol–water partition coefficient (Wildman–Crippen LogP) is 3.30. The molecule has 0 fully saturated rings. The summed E-state index contributed by atoms with van der Waals surface area (Å²) in [5.41, 5.74) is 1.89. The SMILES string of the molecule is CCOC(=O)CCCCC(=O)c1ccc(C)cc1. The van der Waals surface area contributed by atoms with E-state index in [4.69, 9.17) is 4.74 Å². The summed E-state index contributed by atoms with van der Waals surface area (Å²) < 4.78 is 4.82. The van der Waals surface area contributed by atoms with E-state index < -0.39 is 0 Å². The van der Waals surface area contributed by atoms with Crippen LogP contribution >= 0.6 is 0 Å². The number of hydrogen-bond donors (Lipinski definition) is 0. The third-order valence-corrected chi connectivity index (χ3v) is 2.71. The number of unbranched alkanes of at least 4 members (excludes halogenated alkanes) is 1. The molecule has 0 atom stereocenters. The Morgan fingerprint density at radius 2 is 1.67 bits per heavy atom. The Kier molecular flexibility index (Phi) is 6.12. The van der Waals surface area contributed by atoms with Gasteiger partial charge in [-0.25, -0.2) is 0 Å². The first-order chi connectivity index (χ1) is 8.63. The summed E-state index contributed by atoms with van der Waals surface area (Å²) in [5.74, 6) is -0.0425. The summed E-state index contributed by atoms with van der Waals surface area (Å²) in [4.78, 5) is 22.9. The zero-order valence-corrected chi connectivity index (χ0v) is 11.1. The van der Waals surface area contributed by atoms with Gasteiger partial charge < -0.3 is 4.74 Å². The minimum absolute atomic E-state index is 0.138. The fraction of sp³-hybridized carbons (Fsp3) is 0.467. The summed E-state index contributed by atoms with van der Waals surface area (Å²) in [6, 6.07) is 7.57. The number of carbonyl (C=O) groups is 2. The molecule has 0 radical (unpaired) electrons. The molecule has 0 saturated carbocycles. The fourth-order valence-corrected chi connectivity index (χ4v) is 1.67. The van der Waals surface area contributed by atoms with Gasteiger partial charge in [0.1, 0.15) is 0 Å². The average Bonchev–Trinajstić information content (AvgIpc) is 2.35. The van der Waals surface area contributed by atoms with Gasteiger partial charge in [-0.2, -0.15) is 0 Å². The van der Waals surface area contributed by atoms with Crippen molar-refractivity contribution in [3.8, 4) is 0 Å². The average molecular weight is 248 g/mol. The number of rotatable bonds is 7. The number of carbonyl (C=O) groups excluding carboxylic acids is 2. The van der Waals surface area contributed by atoms with Gasteiger partial charge in [0.05, 0.1) is 6.61 Å². The molecular formula is C15H20O3. The highest BCUT2D eigenvalue weighted by atomic mass is 16.5. The Labute approximate surface area is 108 Å². The summed E-state index contributed by atoms with van der Waals surface area (Å²) in [5, 5.41) is 0. The number of Topliss-reactive ketones (excluding diaryl/α,β-unsaturated/α-hetero) is 1. The lowest BCUT2D eigenvalue weighted by atomic mass is 10.0. The number of aryl methyl sites for hydroxylation is 1. The molecule has 1 aromatic carbocycles. The Balaban J connectivity index is 2.25. The molecular weight excluding hydrogens is 228 g/mol. The Bertz CT molecular complexity index is 393. The molecule has 1 aromatic rings. The second-order valence-corrected chi connectivity index (χ2v) is 4.30. The van der Waals surface area contributed by atoms with E-state index in [0.29, 0.717) is 25.9 Å². The van der Waals surface area contributed by atoms with Gasteiger partial charge in [0.25, 0.3) is 0 Å². The summed E-state index contributed by atoms with van der Waals surface area (Å²) >= 11 is 0. The van der Waals surface area contributed by atoms with Gasteiger partial charge in [-0.3, -0.25) is 9.59 Å². The van der Waals surface area contributed by atoms with Gasteiger partial charge in [-0.05, 0) is 26.7 Å². The number of hydrogen-bond acceptors (Lipinski definition) is 3. The maximum absolute atomic E-state index is 11.8. The maximum atomic E-state index is 11.8. The molecule has 0 aliphatic carbocycles. The van der Waals surface area contributed by atoms with Crippen LogP contribution in [-0.2, 0) is 9.53 Å². The van der Waals surface area contributed by atoms with Crippen molar-refractivity contribution in [1.29, 1.82) is 0 Å². The van der Waals surface area contributed by atoms with Crippen molar-refractivity contribution in [2.45, 2.75) is 39.5 Å². The van der Waals surface area contributed by atoms with Crippen molar-refractivity contribution in [2.24, 2.45) is 0 Å². The van der Waals surface area contributed by atoms with Crippen molar-refractivity contribution < 1.29 is 14.3 Å². The lowest BCUT2D eigenvalue weighted by molar-refractivity contribution is -0.143. The monoisotopic (exact) mass is 248 g/mol. The Morgan fingerprint density at radius 1 is 1.06 bits per heavy atom. The van der Waals surface area contributed by atoms with Crippen molar-refractivity contribution in [3.05, 3.63) is 35.4 Å². The van der Waals surface area contributed by atoms with Gasteiger partial charge in [0, 0.05) is 18.4 Å². The number of esters is 1. The highest BCUT2D eigenvalue weighted by molar-refractivity contribution is 5.96. The van der Waals surface area contributed by atoms with Crippen LogP contribution in [-0.4, -0.2) is 18.4 Å². The number of ketones is 1. The number of benzene rings is 1. The minimum atomic E-state index is -0.180. The van der Waals surface area contributed by atoms with Crippen LogP contribution < -0.4 is 0 Å². The van der Waals surface area contributed by atoms with Crippen molar-refractivity contribution >= 4 is 11.8 Å². The van der Waals surface area contributed by atoms with Crippen LogP contribution in [0.5, 0.6) is 0 Å². The van der Waals surface area contributed by atoms with E-state index in [0.717, 1.165) is 17.5 Å². The third-order valence-electron chi connectivity index (χ3n) is 2.71. The topological polar surface area (TPSA) is 43.4 Å². The smallest absolute Gasteiger partial charge is 0.305 e. The third kappa shape index (κ3) is 5.13. The van der Waals surface area contributed by atoms with E-state index >= 15 is 0 Å². The first-order valence-electron chi connectivity index (χ1n) is 6.39. The molecule has 3 heteroatoms. The van der Waals surface area contributed by atoms with E-state index in [1.165, 1.54) is 0 Å². The first-order valence-corrected chi connectivity index (χ1v) is 6.39. The van der Waals surface area contributed by atoms with Gasteiger partial charge in [0.15, 0.2) is 5.78 Å². The molecule has 0 bridgehead atoms. The molecule has 0 aliphatic heterocycles. The largest absolute Gasteiger partial charge is 0.466 e. The zero-order valence-electron chi connectivity index (χ0n) is 11.1. The Morgan fingerprint density at radius 3 is 2.28 bits per heavy atom. The molecule has 98 valence electrons. The minimum Gasteiger partial charge on any atom is -0.466 e. The maximum Gasteiger partial charge on any atom is 0.305 e. The molecule has 0 saturated heterocycles. The predicted molar refractivity (Wildman–Crippen MR) is 70.6 cm³/mol. The second kappa shape index (κ2) is 7.64. The van der Waals surface area contributed by atoms with E-state index in [9.17, 15) is 9.59 Å². The second-order valence-electron chi connectivity index (χ2n) is 4.30. The summed E-state index contributed by atoms with van der Waals surface area (Å²) in [7, 11) is 0. The fourth-order valence-electron chi connectivity index (χ4n) is 1.67. The van der Waals surface area contributed by atoms with Crippen LogP contribution in [0.3, 0.4) is 0 Å². The molecule has 1 rings (SSSR count). The van der Waals surface area contributed by atoms with E-state index in [-0.39, 0.29) is 11.8 Å². The molecule has 0 amide bonds. The standard InChI is InChI=1S/C15H20O3/c1-3-18-15(17)7-5-4-6-14(16)13-10-8-12(2)9-11-13/h8-11H,3-7H2,1-2H3. The van der Waals surface area contributed by atoms with Gasteiger partial charge in [-0.1, -0.05) is 29.8 Å². The molecule has 0 N–H and O–H groups in total. The highest BCUT2D eigenvalue weighted by Gasteiger charge is 2.06. The molecule has 0 aromatic heterocycles. The van der Waals surface area contributed by atoms with Gasteiger partial charge in [-0.15, -0.1) is 0 Å². The molecule has 0 heterocycles. The normalized spacial score (nSPS) is 10.1. The zero-order chi connectivity index (χ0) is 13.4. The molecule has 0 unspecified atom stereocenters. The molecule has 0 spiro atoms. The van der Waals surface area contributed by atoms with Crippen LogP contribution in [0, 0.1) is 6.92 Å². The summed E-state index contributed by atoms with van der Waals surface area (Å²) in [6.45, 7) is 4.20. The van der Waals surface area contributed by atoms with Crippen LogP contribution in [0.1, 0.15) is 48.5 Å². The Hall–Kier alpha value is -1.64. The van der Waals surface area contributed by atoms with Crippen LogP contribution in [0.25, 0.3) is 0 Å².